The monoisotopic (exact) mass is 179 g/mol. The molecule has 1 rings (SSSR count). The summed E-state index contributed by atoms with van der Waals surface area (Å²) in [6, 6.07) is 0. The lowest BCUT2D eigenvalue weighted by Crippen LogP contribution is -2.21. The molecule has 0 bridgehead atoms. The molecule has 1 heterocycles. The zero-order valence-electron chi connectivity index (χ0n) is 4.17. The summed E-state index contributed by atoms with van der Waals surface area (Å²) in [5, 5.41) is 8.83. The fourth-order valence-corrected chi connectivity index (χ4v) is 1.02. The molecule has 4 heteroatoms. The van der Waals surface area contributed by atoms with E-state index in [1.807, 2.05) is 0 Å². The normalized spacial score (nSPS) is 29.5. The second-order valence-electron chi connectivity index (χ2n) is 1.72. The highest BCUT2D eigenvalue weighted by molar-refractivity contribution is 9.07. The van der Waals surface area contributed by atoms with Crippen LogP contribution in [0.1, 0.15) is 12.8 Å². The van der Waals surface area contributed by atoms with E-state index in [1.54, 1.807) is 0 Å². The molecule has 0 aromatic rings. The largest absolute Gasteiger partial charge is 0.373 e. The summed E-state index contributed by atoms with van der Waals surface area (Å²) < 4.78 is 1.17. The van der Waals surface area contributed by atoms with Crippen LogP contribution in [0.25, 0.3) is 0 Å². The molecule has 0 aliphatic carbocycles. The topological polar surface area (TPSA) is 40.5 Å². The summed E-state index contributed by atoms with van der Waals surface area (Å²) in [6.45, 7) is 0. The van der Waals surface area contributed by atoms with Gasteiger partial charge >= 0.3 is 0 Å². The molecule has 1 N–H and O–H groups in total. The number of amides is 1. The van der Waals surface area contributed by atoms with Crippen LogP contribution < -0.4 is 0 Å². The molecule has 0 saturated carbocycles. The summed E-state index contributed by atoms with van der Waals surface area (Å²) in [6.07, 6.45) is 0.388. The number of carbonyl (C=O) groups is 1. The number of aliphatic hydroxyl groups is 1. The standard InChI is InChI=1S/C4H6BrNO2/c5-6-3(7)1-2-4(6)8/h3,7H,1-2H2. The van der Waals surface area contributed by atoms with Crippen molar-refractivity contribution in [2.45, 2.75) is 19.1 Å². The van der Waals surface area contributed by atoms with Crippen LogP contribution in [0.4, 0.5) is 0 Å². The third kappa shape index (κ3) is 0.855. The zero-order valence-corrected chi connectivity index (χ0v) is 5.76. The Labute approximate surface area is 55.6 Å². The molecule has 1 fully saturated rings. The van der Waals surface area contributed by atoms with E-state index in [4.69, 9.17) is 5.11 Å². The molecule has 1 unspecified atom stereocenters. The van der Waals surface area contributed by atoms with Gasteiger partial charge < -0.3 is 5.11 Å². The number of rotatable bonds is 0. The molecule has 0 aromatic heterocycles. The summed E-state index contributed by atoms with van der Waals surface area (Å²) in [5.41, 5.74) is 0. The fourth-order valence-electron chi connectivity index (χ4n) is 0.639. The van der Waals surface area contributed by atoms with Crippen LogP contribution in [0.3, 0.4) is 0 Å². The van der Waals surface area contributed by atoms with E-state index >= 15 is 0 Å². The van der Waals surface area contributed by atoms with E-state index < -0.39 is 6.23 Å². The van der Waals surface area contributed by atoms with Crippen molar-refractivity contribution in [3.05, 3.63) is 0 Å². The predicted octanol–water partition coefficient (Wildman–Crippen LogP) is 0.237. The first-order chi connectivity index (χ1) is 3.72. The zero-order chi connectivity index (χ0) is 6.15. The molecule has 1 aliphatic rings. The van der Waals surface area contributed by atoms with Gasteiger partial charge in [-0.25, -0.2) is 0 Å². The Kier molecular flexibility index (Phi) is 1.53. The first-order valence-electron chi connectivity index (χ1n) is 2.37. The smallest absolute Gasteiger partial charge is 0.234 e. The first kappa shape index (κ1) is 6.04. The first-order valence-corrected chi connectivity index (χ1v) is 3.08. The predicted molar refractivity (Wildman–Crippen MR) is 31.0 cm³/mol. The Hall–Kier alpha value is -0.0900. The van der Waals surface area contributed by atoms with Crippen LogP contribution in [-0.4, -0.2) is 21.2 Å². The molecule has 3 nitrogen and oxygen atoms in total. The Morgan fingerprint density at radius 1 is 1.88 bits per heavy atom. The van der Waals surface area contributed by atoms with Crippen LogP contribution in [0.5, 0.6) is 0 Å². The number of hydrogen-bond acceptors (Lipinski definition) is 2. The minimum absolute atomic E-state index is 0.0440. The molecule has 0 spiro atoms. The lowest BCUT2D eigenvalue weighted by molar-refractivity contribution is -0.125. The number of aliphatic hydroxyl groups excluding tert-OH is 1. The van der Waals surface area contributed by atoms with Crippen molar-refractivity contribution in [3.8, 4) is 0 Å². The number of carbonyl (C=O) groups excluding carboxylic acids is 1. The van der Waals surface area contributed by atoms with E-state index in [2.05, 4.69) is 16.1 Å². The van der Waals surface area contributed by atoms with Crippen LogP contribution >= 0.6 is 16.1 Å². The van der Waals surface area contributed by atoms with Crippen molar-refractivity contribution < 1.29 is 9.90 Å². The second kappa shape index (κ2) is 2.03. The summed E-state index contributed by atoms with van der Waals surface area (Å²) in [7, 11) is 0. The molecule has 46 valence electrons. The minimum atomic E-state index is -0.609. The lowest BCUT2D eigenvalue weighted by Gasteiger charge is -2.08. The van der Waals surface area contributed by atoms with Gasteiger partial charge in [-0.1, -0.05) is 0 Å². The minimum Gasteiger partial charge on any atom is -0.373 e. The van der Waals surface area contributed by atoms with Crippen molar-refractivity contribution in [1.82, 2.24) is 3.93 Å². The van der Waals surface area contributed by atoms with Crippen molar-refractivity contribution >= 4 is 22.1 Å². The molecule has 0 aromatic carbocycles. The lowest BCUT2D eigenvalue weighted by atomic mass is 10.4. The summed E-state index contributed by atoms with van der Waals surface area (Å²) >= 11 is 2.90. The summed E-state index contributed by atoms with van der Waals surface area (Å²) in [5.74, 6) is -0.0440. The molecule has 0 radical (unpaired) electrons. The average Bonchev–Trinajstić information content (AvgIpc) is 1.98. The third-order valence-electron chi connectivity index (χ3n) is 1.12. The summed E-state index contributed by atoms with van der Waals surface area (Å²) in [4.78, 5) is 10.5. The molecule has 1 atom stereocenters. The average molecular weight is 180 g/mol. The number of nitrogens with zero attached hydrogens (tertiary/aromatic N) is 1. The van der Waals surface area contributed by atoms with Gasteiger partial charge in [0.1, 0.15) is 6.23 Å². The molecule has 1 saturated heterocycles. The van der Waals surface area contributed by atoms with Crippen molar-refractivity contribution in [1.29, 1.82) is 0 Å². The quantitative estimate of drug-likeness (QED) is 0.542. The Morgan fingerprint density at radius 2 is 2.50 bits per heavy atom. The van der Waals surface area contributed by atoms with E-state index in [0.717, 1.165) is 0 Å². The van der Waals surface area contributed by atoms with Gasteiger partial charge in [0.05, 0.1) is 16.1 Å². The SMILES string of the molecule is O=C1CCC(O)N1Br. The van der Waals surface area contributed by atoms with Crippen molar-refractivity contribution in [2.75, 3.05) is 0 Å². The van der Waals surface area contributed by atoms with Crippen molar-refractivity contribution in [2.24, 2.45) is 0 Å². The number of halogens is 1. The van der Waals surface area contributed by atoms with Gasteiger partial charge in [0.2, 0.25) is 5.91 Å². The van der Waals surface area contributed by atoms with Crippen LogP contribution in [0, 0.1) is 0 Å². The highest BCUT2D eigenvalue weighted by Gasteiger charge is 2.26. The van der Waals surface area contributed by atoms with Crippen molar-refractivity contribution in [3.63, 3.8) is 0 Å². The van der Waals surface area contributed by atoms with Gasteiger partial charge in [-0.2, -0.15) is 0 Å². The van der Waals surface area contributed by atoms with E-state index in [1.165, 1.54) is 3.93 Å². The molecular formula is C4H6BrNO2. The third-order valence-corrected chi connectivity index (χ3v) is 1.98. The molecular weight excluding hydrogens is 174 g/mol. The van der Waals surface area contributed by atoms with Gasteiger partial charge in [0.15, 0.2) is 0 Å². The van der Waals surface area contributed by atoms with E-state index in [-0.39, 0.29) is 5.91 Å². The van der Waals surface area contributed by atoms with Gasteiger partial charge in [0, 0.05) is 12.8 Å². The van der Waals surface area contributed by atoms with Gasteiger partial charge in [-0.05, 0) is 0 Å². The highest BCUT2D eigenvalue weighted by atomic mass is 79.9. The Balaban J connectivity index is 2.56. The van der Waals surface area contributed by atoms with Gasteiger partial charge in [0.25, 0.3) is 0 Å². The number of hydrogen-bond donors (Lipinski definition) is 1. The Bertz CT molecular complexity index is 117. The molecule has 1 amide bonds. The van der Waals surface area contributed by atoms with Gasteiger partial charge in [-0.15, -0.1) is 0 Å². The fraction of sp³-hybridized carbons (Fsp3) is 0.750. The van der Waals surface area contributed by atoms with Crippen LogP contribution in [0.2, 0.25) is 0 Å². The van der Waals surface area contributed by atoms with Crippen LogP contribution in [-0.2, 0) is 4.79 Å². The maximum absolute atomic E-state index is 10.5. The molecule has 8 heavy (non-hydrogen) atoms. The molecule has 1 aliphatic heterocycles. The second-order valence-corrected chi connectivity index (χ2v) is 2.49. The van der Waals surface area contributed by atoms with Crippen LogP contribution in [0.15, 0.2) is 0 Å². The van der Waals surface area contributed by atoms with Gasteiger partial charge in [-0.3, -0.25) is 8.72 Å². The maximum Gasteiger partial charge on any atom is 0.234 e. The Morgan fingerprint density at radius 3 is 2.62 bits per heavy atom. The van der Waals surface area contributed by atoms with E-state index in [9.17, 15) is 4.79 Å². The maximum atomic E-state index is 10.5. The van der Waals surface area contributed by atoms with E-state index in [0.29, 0.717) is 12.8 Å². The highest BCUT2D eigenvalue weighted by Crippen LogP contribution is 2.19.